The zero-order valence-electron chi connectivity index (χ0n) is 9.63. The van der Waals surface area contributed by atoms with Crippen LogP contribution in [0.2, 0.25) is 5.02 Å². The maximum Gasteiger partial charge on any atom is 0.359 e. The van der Waals surface area contributed by atoms with Gasteiger partial charge < -0.3 is 0 Å². The Bertz CT molecular complexity index is 575. The summed E-state index contributed by atoms with van der Waals surface area (Å²) in [5.41, 5.74) is 1.12. The molecule has 0 N–H and O–H groups in total. The SMILES string of the molecule is O=C(N(Cl)Cl)N(c1ccccc1)c1ccccc1Cl. The minimum atomic E-state index is -0.609. The van der Waals surface area contributed by atoms with Gasteiger partial charge in [0, 0.05) is 23.6 Å². The summed E-state index contributed by atoms with van der Waals surface area (Å²) in [4.78, 5) is 13.5. The number of benzene rings is 2. The summed E-state index contributed by atoms with van der Waals surface area (Å²) in [5, 5.41) is 0.426. The first-order chi connectivity index (χ1) is 9.11. The highest BCUT2D eigenvalue weighted by atomic mass is 35.5. The monoisotopic (exact) mass is 314 g/mol. The zero-order chi connectivity index (χ0) is 13.8. The molecule has 2 amide bonds. The molecule has 98 valence electrons. The lowest BCUT2D eigenvalue weighted by molar-refractivity contribution is 0.244. The highest BCUT2D eigenvalue weighted by Gasteiger charge is 2.23. The second-order valence-electron chi connectivity index (χ2n) is 3.64. The lowest BCUT2D eigenvalue weighted by atomic mass is 10.2. The van der Waals surface area contributed by atoms with Crippen LogP contribution in [0.1, 0.15) is 0 Å². The molecule has 19 heavy (non-hydrogen) atoms. The summed E-state index contributed by atoms with van der Waals surface area (Å²) in [7, 11) is 0. The smallest absolute Gasteiger partial charge is 0.259 e. The van der Waals surface area contributed by atoms with Crippen molar-refractivity contribution >= 4 is 52.6 Å². The van der Waals surface area contributed by atoms with E-state index in [2.05, 4.69) is 0 Å². The van der Waals surface area contributed by atoms with Gasteiger partial charge in [0.15, 0.2) is 0 Å². The minimum absolute atomic E-state index is 0.426. The molecule has 0 aliphatic carbocycles. The topological polar surface area (TPSA) is 23.6 Å². The molecule has 0 bridgehead atoms. The summed E-state index contributed by atoms with van der Waals surface area (Å²) in [6, 6.07) is 15.3. The molecule has 0 unspecified atom stereocenters. The van der Waals surface area contributed by atoms with Crippen LogP contribution in [0.3, 0.4) is 0 Å². The number of rotatable bonds is 2. The molecule has 3 nitrogen and oxygen atoms in total. The Balaban J connectivity index is 2.53. The Kier molecular flexibility index (Phi) is 4.53. The number of para-hydroxylation sites is 2. The predicted octanol–water partition coefficient (Wildman–Crippen LogP) is 5.21. The van der Waals surface area contributed by atoms with Crippen molar-refractivity contribution in [3.05, 3.63) is 59.6 Å². The van der Waals surface area contributed by atoms with Crippen LogP contribution in [-0.4, -0.2) is 9.97 Å². The second-order valence-corrected chi connectivity index (χ2v) is 4.89. The van der Waals surface area contributed by atoms with E-state index in [0.717, 1.165) is 0 Å². The van der Waals surface area contributed by atoms with Gasteiger partial charge in [0.1, 0.15) is 0 Å². The van der Waals surface area contributed by atoms with Crippen LogP contribution in [0, 0.1) is 0 Å². The van der Waals surface area contributed by atoms with E-state index >= 15 is 0 Å². The maximum atomic E-state index is 12.1. The van der Waals surface area contributed by atoms with Crippen LogP contribution in [0.15, 0.2) is 54.6 Å². The fourth-order valence-electron chi connectivity index (χ4n) is 1.64. The van der Waals surface area contributed by atoms with Crippen molar-refractivity contribution in [1.29, 1.82) is 0 Å². The van der Waals surface area contributed by atoms with Crippen molar-refractivity contribution in [3.8, 4) is 0 Å². The van der Waals surface area contributed by atoms with Gasteiger partial charge in [-0.15, -0.1) is 3.94 Å². The Morgan fingerprint density at radius 3 is 2.05 bits per heavy atom. The lowest BCUT2D eigenvalue weighted by Crippen LogP contribution is -2.31. The summed E-state index contributed by atoms with van der Waals surface area (Å²) in [6.45, 7) is 0. The van der Waals surface area contributed by atoms with Gasteiger partial charge >= 0.3 is 6.03 Å². The van der Waals surface area contributed by atoms with Gasteiger partial charge in [-0.2, -0.15) is 0 Å². The Hall–Kier alpha value is -1.42. The lowest BCUT2D eigenvalue weighted by Gasteiger charge is -2.24. The first-order valence-corrected chi connectivity index (χ1v) is 6.42. The summed E-state index contributed by atoms with van der Waals surface area (Å²) in [5.74, 6) is 0. The second kappa shape index (κ2) is 6.15. The van der Waals surface area contributed by atoms with E-state index in [1.807, 2.05) is 6.07 Å². The van der Waals surface area contributed by atoms with Gasteiger partial charge in [-0.25, -0.2) is 4.79 Å². The highest BCUT2D eigenvalue weighted by Crippen LogP contribution is 2.33. The molecule has 0 atom stereocenters. The molecule has 0 saturated carbocycles. The molecule has 0 aliphatic heterocycles. The normalized spacial score (nSPS) is 10.1. The minimum Gasteiger partial charge on any atom is -0.259 e. The molecule has 2 rings (SSSR count). The number of hydrogen-bond donors (Lipinski definition) is 0. The molecular formula is C13H9Cl3N2O. The molecule has 0 aromatic heterocycles. The summed E-state index contributed by atoms with van der Waals surface area (Å²) < 4.78 is 0.469. The zero-order valence-corrected chi connectivity index (χ0v) is 11.9. The van der Waals surface area contributed by atoms with Crippen molar-refractivity contribution in [3.63, 3.8) is 0 Å². The third kappa shape index (κ3) is 3.13. The fraction of sp³-hybridized carbons (Fsp3) is 0. The predicted molar refractivity (Wildman–Crippen MR) is 79.0 cm³/mol. The van der Waals surface area contributed by atoms with Gasteiger partial charge in [0.05, 0.1) is 16.4 Å². The average molecular weight is 316 g/mol. The number of hydrogen-bond acceptors (Lipinski definition) is 1. The fourth-order valence-corrected chi connectivity index (χ4v) is 2.01. The molecule has 0 saturated heterocycles. The molecule has 2 aromatic carbocycles. The molecule has 0 fully saturated rings. The third-order valence-corrected chi connectivity index (χ3v) is 3.05. The van der Waals surface area contributed by atoms with E-state index in [-0.39, 0.29) is 0 Å². The van der Waals surface area contributed by atoms with E-state index in [0.29, 0.717) is 20.3 Å². The van der Waals surface area contributed by atoms with Gasteiger partial charge in [-0.1, -0.05) is 41.9 Å². The van der Waals surface area contributed by atoms with E-state index in [1.54, 1.807) is 48.5 Å². The van der Waals surface area contributed by atoms with Crippen LogP contribution in [-0.2, 0) is 0 Å². The first-order valence-electron chi connectivity index (χ1n) is 5.36. The Labute approximate surface area is 126 Å². The molecule has 6 heteroatoms. The molecular weight excluding hydrogens is 307 g/mol. The number of urea groups is 1. The van der Waals surface area contributed by atoms with E-state index in [4.69, 9.17) is 35.2 Å². The molecule has 0 radical (unpaired) electrons. The van der Waals surface area contributed by atoms with Crippen LogP contribution in [0.4, 0.5) is 16.2 Å². The molecule has 2 aromatic rings. The molecule has 0 heterocycles. The van der Waals surface area contributed by atoms with Crippen LogP contribution >= 0.6 is 35.2 Å². The quantitative estimate of drug-likeness (QED) is 0.698. The van der Waals surface area contributed by atoms with Gasteiger partial charge in [-0.3, -0.25) is 4.90 Å². The van der Waals surface area contributed by atoms with Crippen molar-refractivity contribution in [1.82, 2.24) is 3.94 Å². The van der Waals surface area contributed by atoms with Crippen LogP contribution in [0.5, 0.6) is 0 Å². The molecule has 0 spiro atoms. The van der Waals surface area contributed by atoms with E-state index in [1.165, 1.54) is 4.90 Å². The number of amides is 2. The van der Waals surface area contributed by atoms with Gasteiger partial charge in [0.25, 0.3) is 0 Å². The number of halogens is 3. The summed E-state index contributed by atoms with van der Waals surface area (Å²) in [6.07, 6.45) is 0. The van der Waals surface area contributed by atoms with Crippen molar-refractivity contribution in [2.45, 2.75) is 0 Å². The Morgan fingerprint density at radius 1 is 0.895 bits per heavy atom. The van der Waals surface area contributed by atoms with Crippen molar-refractivity contribution < 1.29 is 4.79 Å². The molecule has 0 aliphatic rings. The summed E-state index contributed by atoms with van der Waals surface area (Å²) >= 11 is 17.2. The standard InChI is InChI=1S/C13H9Cl3N2O/c14-11-8-4-5-9-12(11)17(13(19)18(15)16)10-6-2-1-3-7-10/h1-9H. The average Bonchev–Trinajstić information content (AvgIpc) is 2.42. The van der Waals surface area contributed by atoms with Crippen molar-refractivity contribution in [2.24, 2.45) is 0 Å². The maximum absolute atomic E-state index is 12.1. The first kappa shape index (κ1) is 14.0. The Morgan fingerprint density at radius 2 is 1.47 bits per heavy atom. The van der Waals surface area contributed by atoms with Crippen molar-refractivity contribution in [2.75, 3.05) is 4.90 Å². The van der Waals surface area contributed by atoms with E-state index < -0.39 is 6.03 Å². The highest BCUT2D eigenvalue weighted by molar-refractivity contribution is 6.43. The van der Waals surface area contributed by atoms with Crippen LogP contribution < -0.4 is 4.90 Å². The third-order valence-electron chi connectivity index (χ3n) is 2.44. The van der Waals surface area contributed by atoms with Gasteiger partial charge in [-0.05, 0) is 24.3 Å². The number of nitrogens with zero attached hydrogens (tertiary/aromatic N) is 2. The van der Waals surface area contributed by atoms with E-state index in [9.17, 15) is 4.79 Å². The number of anilines is 2. The van der Waals surface area contributed by atoms with Gasteiger partial charge in [0.2, 0.25) is 0 Å². The number of carbonyl (C=O) groups is 1. The van der Waals surface area contributed by atoms with Crippen LogP contribution in [0.25, 0.3) is 0 Å². The number of carbonyl (C=O) groups excluding carboxylic acids is 1. The largest absolute Gasteiger partial charge is 0.359 e.